The van der Waals surface area contributed by atoms with Gasteiger partial charge in [-0.1, -0.05) is 30.3 Å². The first-order valence-corrected chi connectivity index (χ1v) is 11.1. The van der Waals surface area contributed by atoms with E-state index >= 15 is 0 Å². The van der Waals surface area contributed by atoms with Gasteiger partial charge in [0.05, 0.1) is 0 Å². The zero-order valence-corrected chi connectivity index (χ0v) is 18.0. The summed E-state index contributed by atoms with van der Waals surface area (Å²) in [7, 11) is 1.74. The van der Waals surface area contributed by atoms with Crippen molar-refractivity contribution in [2.45, 2.75) is 31.8 Å². The summed E-state index contributed by atoms with van der Waals surface area (Å²) >= 11 is 1.50. The minimum Gasteiger partial charge on any atom is -0.349 e. The maximum Gasteiger partial charge on any atom is 0.317 e. The number of piperidine rings is 1. The van der Waals surface area contributed by atoms with Gasteiger partial charge in [-0.05, 0) is 29.9 Å². The van der Waals surface area contributed by atoms with Crippen LogP contribution in [0.1, 0.15) is 35.2 Å². The number of nitrogens with zero attached hydrogens (tertiary/aromatic N) is 2. The molecule has 1 aromatic carbocycles. The van der Waals surface area contributed by atoms with Crippen LogP contribution in [0.2, 0.25) is 0 Å². The number of rotatable bonds is 7. The van der Waals surface area contributed by atoms with Crippen LogP contribution in [-0.4, -0.2) is 60.4 Å². The molecule has 2 heterocycles. The zero-order valence-electron chi connectivity index (χ0n) is 17.2. The molecule has 0 bridgehead atoms. The third-order valence-corrected chi connectivity index (χ3v) is 5.87. The molecule has 0 spiro atoms. The van der Waals surface area contributed by atoms with Gasteiger partial charge in [-0.2, -0.15) is 11.3 Å². The maximum atomic E-state index is 12.4. The molecule has 4 amide bonds. The van der Waals surface area contributed by atoms with Crippen molar-refractivity contribution in [2.75, 3.05) is 26.7 Å². The maximum absolute atomic E-state index is 12.4. The van der Waals surface area contributed by atoms with Gasteiger partial charge in [-0.25, -0.2) is 4.79 Å². The van der Waals surface area contributed by atoms with Crippen molar-refractivity contribution in [2.24, 2.45) is 0 Å². The number of likely N-dealkylation sites (tertiary alicyclic amines) is 1. The first-order valence-electron chi connectivity index (χ1n) is 10.2. The first-order chi connectivity index (χ1) is 14.5. The smallest absolute Gasteiger partial charge is 0.317 e. The molecule has 8 heteroatoms. The van der Waals surface area contributed by atoms with Crippen molar-refractivity contribution in [1.82, 2.24) is 20.4 Å². The molecule has 1 fully saturated rings. The summed E-state index contributed by atoms with van der Waals surface area (Å²) in [6, 6.07) is 11.5. The molecule has 3 rings (SSSR count). The Hall–Kier alpha value is -2.87. The Kier molecular flexibility index (Phi) is 7.84. The normalized spacial score (nSPS) is 14.2. The molecular weight excluding hydrogens is 400 g/mol. The highest BCUT2D eigenvalue weighted by atomic mass is 32.1. The van der Waals surface area contributed by atoms with E-state index in [0.717, 1.165) is 18.4 Å². The number of hydrogen-bond acceptors (Lipinski definition) is 4. The lowest BCUT2D eigenvalue weighted by Gasteiger charge is -2.32. The van der Waals surface area contributed by atoms with Gasteiger partial charge in [0.1, 0.15) is 0 Å². The largest absolute Gasteiger partial charge is 0.349 e. The third-order valence-electron chi connectivity index (χ3n) is 5.19. The van der Waals surface area contributed by atoms with Crippen LogP contribution in [0.25, 0.3) is 0 Å². The van der Waals surface area contributed by atoms with Crippen LogP contribution in [0, 0.1) is 0 Å². The molecule has 2 N–H and O–H groups in total. The lowest BCUT2D eigenvalue weighted by atomic mass is 10.0. The van der Waals surface area contributed by atoms with Gasteiger partial charge < -0.3 is 20.4 Å². The van der Waals surface area contributed by atoms with E-state index in [9.17, 15) is 14.4 Å². The van der Waals surface area contributed by atoms with E-state index in [1.807, 2.05) is 52.1 Å². The van der Waals surface area contributed by atoms with E-state index in [1.165, 1.54) is 11.3 Å². The van der Waals surface area contributed by atoms with E-state index in [2.05, 4.69) is 10.6 Å². The Morgan fingerprint density at radius 2 is 1.87 bits per heavy atom. The second-order valence-corrected chi connectivity index (χ2v) is 8.24. The topological polar surface area (TPSA) is 81.8 Å². The molecule has 0 radical (unpaired) electrons. The van der Waals surface area contributed by atoms with Gasteiger partial charge in [0.25, 0.3) is 5.91 Å². The number of benzene rings is 1. The molecule has 160 valence electrons. The van der Waals surface area contributed by atoms with Gasteiger partial charge in [0.15, 0.2) is 0 Å². The van der Waals surface area contributed by atoms with Crippen molar-refractivity contribution >= 4 is 29.2 Å². The molecule has 0 aliphatic carbocycles. The fourth-order valence-corrected chi connectivity index (χ4v) is 4.07. The number of thiophene rings is 1. The summed E-state index contributed by atoms with van der Waals surface area (Å²) in [5.41, 5.74) is 1.74. The molecule has 1 aromatic heterocycles. The molecule has 1 aliphatic heterocycles. The van der Waals surface area contributed by atoms with E-state index in [0.29, 0.717) is 31.7 Å². The third kappa shape index (κ3) is 6.32. The predicted octanol–water partition coefficient (Wildman–Crippen LogP) is 2.70. The fourth-order valence-electron chi connectivity index (χ4n) is 3.43. The molecular formula is C22H28N4O3S. The average Bonchev–Trinajstić information content (AvgIpc) is 3.30. The van der Waals surface area contributed by atoms with Gasteiger partial charge in [0.2, 0.25) is 5.91 Å². The molecule has 0 unspecified atom stereocenters. The molecule has 0 saturated carbocycles. The van der Waals surface area contributed by atoms with Gasteiger partial charge in [-0.15, -0.1) is 0 Å². The number of nitrogens with one attached hydrogen (secondary N) is 2. The summed E-state index contributed by atoms with van der Waals surface area (Å²) in [5.74, 6) is -0.0213. The summed E-state index contributed by atoms with van der Waals surface area (Å²) < 4.78 is 0. The number of carbonyl (C=O) groups excluding carboxylic acids is 3. The van der Waals surface area contributed by atoms with Crippen LogP contribution in [0.5, 0.6) is 0 Å². The summed E-state index contributed by atoms with van der Waals surface area (Å²) in [6.07, 6.45) is 1.76. The Labute approximate surface area is 181 Å². The number of urea groups is 1. The second kappa shape index (κ2) is 10.8. The highest BCUT2D eigenvalue weighted by Crippen LogP contribution is 2.13. The van der Waals surface area contributed by atoms with Crippen LogP contribution in [-0.2, 0) is 11.3 Å². The number of carbonyl (C=O) groups is 3. The summed E-state index contributed by atoms with van der Waals surface area (Å²) in [6.45, 7) is 2.07. The lowest BCUT2D eigenvalue weighted by Crippen LogP contribution is -2.47. The predicted molar refractivity (Wildman–Crippen MR) is 117 cm³/mol. The Balaban J connectivity index is 1.32. The average molecular weight is 429 g/mol. The zero-order chi connectivity index (χ0) is 21.3. The molecule has 0 atom stereocenters. The molecule has 1 aliphatic rings. The van der Waals surface area contributed by atoms with E-state index in [-0.39, 0.29) is 30.3 Å². The Bertz CT molecular complexity index is 833. The van der Waals surface area contributed by atoms with Crippen LogP contribution in [0.4, 0.5) is 4.79 Å². The van der Waals surface area contributed by atoms with Gasteiger partial charge in [-0.3, -0.25) is 9.59 Å². The van der Waals surface area contributed by atoms with E-state index in [1.54, 1.807) is 11.9 Å². The quantitative estimate of drug-likeness (QED) is 0.711. The monoisotopic (exact) mass is 428 g/mol. The van der Waals surface area contributed by atoms with E-state index in [4.69, 9.17) is 0 Å². The van der Waals surface area contributed by atoms with E-state index < -0.39 is 0 Å². The highest BCUT2D eigenvalue weighted by Gasteiger charge is 2.24. The lowest BCUT2D eigenvalue weighted by molar-refractivity contribution is -0.132. The fraction of sp³-hybridized carbons (Fsp3) is 0.409. The minimum atomic E-state index is -0.193. The van der Waals surface area contributed by atoms with Crippen molar-refractivity contribution in [1.29, 1.82) is 0 Å². The van der Waals surface area contributed by atoms with Crippen LogP contribution >= 0.6 is 11.3 Å². The Morgan fingerprint density at radius 1 is 1.13 bits per heavy atom. The summed E-state index contributed by atoms with van der Waals surface area (Å²) in [5, 5.41) is 9.56. The SMILES string of the molecule is CN(Cc1ccccc1)C(=O)NCCC(=O)N1CCC(NC(=O)c2ccsc2)CC1. The first kappa shape index (κ1) is 21.8. The van der Waals surface area contributed by atoms with Crippen LogP contribution in [0.15, 0.2) is 47.2 Å². The van der Waals surface area contributed by atoms with Crippen molar-refractivity contribution < 1.29 is 14.4 Å². The highest BCUT2D eigenvalue weighted by molar-refractivity contribution is 7.08. The van der Waals surface area contributed by atoms with Crippen LogP contribution in [0.3, 0.4) is 0 Å². The van der Waals surface area contributed by atoms with Crippen molar-refractivity contribution in [3.05, 3.63) is 58.3 Å². The van der Waals surface area contributed by atoms with Gasteiger partial charge in [0, 0.05) is 56.6 Å². The molecule has 30 heavy (non-hydrogen) atoms. The standard InChI is InChI=1S/C22H28N4O3S/c1-25(15-17-5-3-2-4-6-17)22(29)23-11-7-20(27)26-12-8-19(9-13-26)24-21(28)18-10-14-30-16-18/h2-6,10,14,16,19H,7-9,11-13,15H2,1H3,(H,23,29)(H,24,28). The minimum absolute atomic E-state index is 0.0311. The van der Waals surface area contributed by atoms with Crippen LogP contribution < -0.4 is 10.6 Å². The molecule has 1 saturated heterocycles. The molecule has 2 aromatic rings. The number of hydrogen-bond donors (Lipinski definition) is 2. The van der Waals surface area contributed by atoms with Crippen molar-refractivity contribution in [3.8, 4) is 0 Å². The Morgan fingerprint density at radius 3 is 2.53 bits per heavy atom. The van der Waals surface area contributed by atoms with Crippen molar-refractivity contribution in [3.63, 3.8) is 0 Å². The van der Waals surface area contributed by atoms with Gasteiger partial charge >= 0.3 is 6.03 Å². The summed E-state index contributed by atoms with van der Waals surface area (Å²) in [4.78, 5) is 40.2. The second-order valence-electron chi connectivity index (χ2n) is 7.46. The molecule has 7 nitrogen and oxygen atoms in total. The number of amides is 4.